The third-order valence-electron chi connectivity index (χ3n) is 5.75. The summed E-state index contributed by atoms with van der Waals surface area (Å²) in [5.41, 5.74) is 3.44. The van der Waals surface area contributed by atoms with Crippen LogP contribution in [0.4, 0.5) is 5.69 Å². The van der Waals surface area contributed by atoms with Crippen molar-refractivity contribution in [1.29, 1.82) is 0 Å². The quantitative estimate of drug-likeness (QED) is 0.243. The number of para-hydroxylation sites is 1. The molecule has 3 aromatic carbocycles. The Labute approximate surface area is 214 Å². The number of ether oxygens (including phenoxy) is 1. The topological polar surface area (TPSA) is 101 Å². The number of carbonyl (C=O) groups excluding carboxylic acids is 1. The van der Waals surface area contributed by atoms with Crippen molar-refractivity contribution in [3.63, 3.8) is 0 Å². The third-order valence-corrected chi connectivity index (χ3v) is 6.84. The van der Waals surface area contributed by atoms with Crippen LogP contribution < -0.4 is 15.4 Å². The Morgan fingerprint density at radius 1 is 1.00 bits per heavy atom. The first-order valence-corrected chi connectivity index (χ1v) is 12.7. The average molecular weight is 504 g/mol. The Bertz CT molecular complexity index is 1280. The Morgan fingerprint density at radius 2 is 1.72 bits per heavy atom. The van der Waals surface area contributed by atoms with E-state index in [-0.39, 0.29) is 24.9 Å². The van der Waals surface area contributed by atoms with Crippen LogP contribution in [0.15, 0.2) is 72.8 Å². The maximum absolute atomic E-state index is 12.1. The van der Waals surface area contributed by atoms with E-state index in [0.717, 1.165) is 27.5 Å². The molecule has 36 heavy (non-hydrogen) atoms. The standard InChI is InChI=1S/C28H29N3O4S/c1-18(2)24(30-21-11-7-19(8-12-21)27(34)29-16-15-26(32)33)17-35-22-13-9-20(10-14-22)28-31-23-5-3-4-6-25(23)36-28/h3-14,18,24,30H,15-17H2,1-2H3,(H,29,34)(H,32,33)/t24-/m0/s1. The summed E-state index contributed by atoms with van der Waals surface area (Å²) >= 11 is 1.68. The van der Waals surface area contributed by atoms with Crippen LogP contribution in [-0.2, 0) is 4.79 Å². The number of rotatable bonds is 11. The Balaban J connectivity index is 1.32. The molecule has 0 aliphatic heterocycles. The highest BCUT2D eigenvalue weighted by Crippen LogP contribution is 2.31. The minimum Gasteiger partial charge on any atom is -0.491 e. The van der Waals surface area contributed by atoms with E-state index in [4.69, 9.17) is 14.8 Å². The van der Waals surface area contributed by atoms with E-state index in [2.05, 4.69) is 30.5 Å². The highest BCUT2D eigenvalue weighted by Gasteiger charge is 2.15. The van der Waals surface area contributed by atoms with Gasteiger partial charge in [0.05, 0.1) is 22.7 Å². The number of hydrogen-bond acceptors (Lipinski definition) is 6. The van der Waals surface area contributed by atoms with Gasteiger partial charge in [0, 0.05) is 23.4 Å². The SMILES string of the molecule is CC(C)[C@H](COc1ccc(-c2nc3ccccc3s2)cc1)Nc1ccc(C(=O)NCCC(=O)O)cc1. The first kappa shape index (κ1) is 25.2. The predicted octanol–water partition coefficient (Wildman–Crippen LogP) is 5.68. The second-order valence-electron chi connectivity index (χ2n) is 8.79. The van der Waals surface area contributed by atoms with Gasteiger partial charge >= 0.3 is 5.97 Å². The third kappa shape index (κ3) is 6.60. The summed E-state index contributed by atoms with van der Waals surface area (Å²) < 4.78 is 7.26. The number of amides is 1. The summed E-state index contributed by atoms with van der Waals surface area (Å²) in [5.74, 6) is -0.131. The zero-order valence-corrected chi connectivity index (χ0v) is 21.0. The fourth-order valence-electron chi connectivity index (χ4n) is 3.59. The van der Waals surface area contributed by atoms with E-state index < -0.39 is 5.97 Å². The molecule has 0 bridgehead atoms. The van der Waals surface area contributed by atoms with E-state index >= 15 is 0 Å². The molecule has 4 rings (SSSR count). The van der Waals surface area contributed by atoms with Crippen molar-refractivity contribution in [2.24, 2.45) is 5.92 Å². The molecule has 0 aliphatic carbocycles. The fourth-order valence-corrected chi connectivity index (χ4v) is 4.56. The number of carbonyl (C=O) groups is 2. The lowest BCUT2D eigenvalue weighted by Gasteiger charge is -2.24. The van der Waals surface area contributed by atoms with Crippen molar-refractivity contribution < 1.29 is 19.4 Å². The maximum atomic E-state index is 12.1. The lowest BCUT2D eigenvalue weighted by Crippen LogP contribution is -2.32. The number of anilines is 1. The van der Waals surface area contributed by atoms with E-state index in [1.54, 1.807) is 23.5 Å². The summed E-state index contributed by atoms with van der Waals surface area (Å²) in [6, 6.07) is 23.3. The van der Waals surface area contributed by atoms with Crippen molar-refractivity contribution in [3.8, 4) is 16.3 Å². The monoisotopic (exact) mass is 503 g/mol. The zero-order valence-electron chi connectivity index (χ0n) is 20.2. The van der Waals surface area contributed by atoms with Crippen molar-refractivity contribution in [2.45, 2.75) is 26.3 Å². The van der Waals surface area contributed by atoms with Crippen LogP contribution in [0, 0.1) is 5.92 Å². The number of carboxylic acid groups (broad SMARTS) is 1. The number of carboxylic acids is 1. The smallest absolute Gasteiger partial charge is 0.305 e. The number of nitrogens with one attached hydrogen (secondary N) is 2. The molecule has 0 saturated heterocycles. The van der Waals surface area contributed by atoms with Crippen LogP contribution in [-0.4, -0.2) is 41.2 Å². The van der Waals surface area contributed by atoms with Gasteiger partial charge in [-0.15, -0.1) is 11.3 Å². The number of nitrogens with zero attached hydrogens (tertiary/aromatic N) is 1. The lowest BCUT2D eigenvalue weighted by molar-refractivity contribution is -0.136. The molecule has 1 amide bonds. The van der Waals surface area contributed by atoms with Gasteiger partial charge in [-0.1, -0.05) is 26.0 Å². The molecule has 0 fully saturated rings. The molecule has 1 atom stereocenters. The minimum atomic E-state index is -0.944. The van der Waals surface area contributed by atoms with Crippen molar-refractivity contribution in [1.82, 2.24) is 10.3 Å². The number of hydrogen-bond donors (Lipinski definition) is 3. The molecule has 0 unspecified atom stereocenters. The normalized spacial score (nSPS) is 11.9. The van der Waals surface area contributed by atoms with Crippen molar-refractivity contribution in [2.75, 3.05) is 18.5 Å². The van der Waals surface area contributed by atoms with E-state index in [0.29, 0.717) is 18.1 Å². The second-order valence-corrected chi connectivity index (χ2v) is 9.82. The summed E-state index contributed by atoms with van der Waals surface area (Å²) in [6.07, 6.45) is -0.105. The molecule has 1 aromatic heterocycles. The van der Waals surface area contributed by atoms with Gasteiger partial charge in [0.15, 0.2) is 0 Å². The number of fused-ring (bicyclic) bond motifs is 1. The molecular weight excluding hydrogens is 474 g/mol. The Hall–Kier alpha value is -3.91. The van der Waals surface area contributed by atoms with Gasteiger partial charge in [0.2, 0.25) is 0 Å². The molecule has 3 N–H and O–H groups in total. The summed E-state index contributed by atoms with van der Waals surface area (Å²) in [6.45, 7) is 4.83. The molecule has 8 heteroatoms. The maximum Gasteiger partial charge on any atom is 0.305 e. The van der Waals surface area contributed by atoms with E-state index in [9.17, 15) is 9.59 Å². The number of thiazole rings is 1. The van der Waals surface area contributed by atoms with Gasteiger partial charge in [-0.3, -0.25) is 9.59 Å². The molecule has 0 spiro atoms. The Morgan fingerprint density at radius 3 is 2.39 bits per heavy atom. The average Bonchev–Trinajstić information content (AvgIpc) is 3.31. The van der Waals surface area contributed by atoms with Gasteiger partial charge in [-0.25, -0.2) is 4.98 Å². The molecule has 186 valence electrons. The molecule has 0 radical (unpaired) electrons. The van der Waals surface area contributed by atoms with Gasteiger partial charge in [-0.2, -0.15) is 0 Å². The molecule has 0 aliphatic rings. The van der Waals surface area contributed by atoms with E-state index in [1.165, 1.54) is 4.70 Å². The second kappa shape index (κ2) is 11.7. The van der Waals surface area contributed by atoms with E-state index in [1.807, 2.05) is 54.6 Å². The zero-order chi connectivity index (χ0) is 25.5. The number of aliphatic carboxylic acids is 1. The van der Waals surface area contributed by atoms with Crippen LogP contribution >= 0.6 is 11.3 Å². The highest BCUT2D eigenvalue weighted by atomic mass is 32.1. The lowest BCUT2D eigenvalue weighted by atomic mass is 10.0. The molecule has 4 aromatic rings. The summed E-state index contributed by atoms with van der Waals surface area (Å²) in [5, 5.41) is 15.8. The fraction of sp³-hybridized carbons (Fsp3) is 0.250. The highest BCUT2D eigenvalue weighted by molar-refractivity contribution is 7.21. The molecule has 1 heterocycles. The van der Waals surface area contributed by atoms with Crippen molar-refractivity contribution >= 4 is 39.1 Å². The summed E-state index contributed by atoms with van der Waals surface area (Å²) in [7, 11) is 0. The number of aromatic nitrogens is 1. The predicted molar refractivity (Wildman–Crippen MR) is 144 cm³/mol. The van der Waals surface area contributed by atoms with Gasteiger partial charge < -0.3 is 20.5 Å². The van der Waals surface area contributed by atoms with Gasteiger partial charge in [0.25, 0.3) is 5.91 Å². The van der Waals surface area contributed by atoms with Crippen LogP contribution in [0.25, 0.3) is 20.8 Å². The first-order chi connectivity index (χ1) is 17.4. The summed E-state index contributed by atoms with van der Waals surface area (Å²) in [4.78, 5) is 27.5. The minimum absolute atomic E-state index is 0.0594. The largest absolute Gasteiger partial charge is 0.491 e. The van der Waals surface area contributed by atoms with Crippen LogP contribution in [0.5, 0.6) is 5.75 Å². The van der Waals surface area contributed by atoms with Gasteiger partial charge in [0.1, 0.15) is 17.4 Å². The molecule has 0 saturated carbocycles. The van der Waals surface area contributed by atoms with Gasteiger partial charge in [-0.05, 0) is 66.6 Å². The Kier molecular flexibility index (Phi) is 8.17. The number of benzene rings is 3. The van der Waals surface area contributed by atoms with Crippen LogP contribution in [0.1, 0.15) is 30.6 Å². The molecule has 7 nitrogen and oxygen atoms in total. The van der Waals surface area contributed by atoms with Crippen LogP contribution in [0.3, 0.4) is 0 Å². The van der Waals surface area contributed by atoms with Crippen molar-refractivity contribution in [3.05, 3.63) is 78.4 Å². The molecular formula is C28H29N3O4S. The van der Waals surface area contributed by atoms with Crippen LogP contribution in [0.2, 0.25) is 0 Å². The first-order valence-electron chi connectivity index (χ1n) is 11.8.